The van der Waals surface area contributed by atoms with Gasteiger partial charge in [-0.05, 0) is 44.4 Å². The van der Waals surface area contributed by atoms with Gasteiger partial charge in [-0.1, -0.05) is 49.7 Å². The summed E-state index contributed by atoms with van der Waals surface area (Å²) >= 11 is 0. The highest BCUT2D eigenvalue weighted by molar-refractivity contribution is 7.92. The molecule has 192 valence electrons. The van der Waals surface area contributed by atoms with Crippen LogP contribution in [0.3, 0.4) is 0 Å². The number of nitrogens with one attached hydrogen (secondary N) is 1. The molecule has 35 heavy (non-hydrogen) atoms. The van der Waals surface area contributed by atoms with Crippen molar-refractivity contribution in [1.82, 2.24) is 10.2 Å². The predicted octanol–water partition coefficient (Wildman–Crippen LogP) is 4.01. The molecule has 0 heterocycles. The fourth-order valence-corrected chi connectivity index (χ4v) is 4.78. The van der Waals surface area contributed by atoms with Crippen LogP contribution in [0.1, 0.15) is 50.7 Å². The third kappa shape index (κ3) is 8.35. The van der Waals surface area contributed by atoms with E-state index in [2.05, 4.69) is 5.32 Å². The maximum Gasteiger partial charge on any atom is 0.242 e. The van der Waals surface area contributed by atoms with E-state index in [-0.39, 0.29) is 37.7 Å². The number of aryl methyl sites for hydroxylation is 1. The van der Waals surface area contributed by atoms with E-state index in [9.17, 15) is 22.4 Å². The second-order valence-electron chi connectivity index (χ2n) is 8.66. The Kier molecular flexibility index (Phi) is 10.7. The van der Waals surface area contributed by atoms with Crippen LogP contribution in [0.2, 0.25) is 0 Å². The Morgan fingerprint density at radius 2 is 1.71 bits per heavy atom. The SMILES string of the molecule is CCCCNC(=O)[C@@H](C)N(Cc1ccccc1F)C(=O)CCCN(c1ccccc1C)S(C)(=O)=O. The van der Waals surface area contributed by atoms with Gasteiger partial charge in [0.25, 0.3) is 0 Å². The van der Waals surface area contributed by atoms with Crippen LogP contribution >= 0.6 is 0 Å². The number of anilines is 1. The van der Waals surface area contributed by atoms with Gasteiger partial charge in [-0.3, -0.25) is 13.9 Å². The van der Waals surface area contributed by atoms with Crippen molar-refractivity contribution >= 4 is 27.5 Å². The van der Waals surface area contributed by atoms with Crippen molar-refractivity contribution in [3.05, 3.63) is 65.5 Å². The van der Waals surface area contributed by atoms with Crippen LogP contribution in [-0.2, 0) is 26.2 Å². The standard InChI is InChI=1S/C26H36FN3O4S/c1-5-6-17-28-26(32)21(3)29(19-22-13-8-9-14-23(22)27)25(31)16-11-18-30(35(4,33)34)24-15-10-7-12-20(24)2/h7-10,12-15,21H,5-6,11,16-19H2,1-4H3,(H,28,32)/t21-/m1/s1. The third-order valence-corrected chi connectivity index (χ3v) is 7.01. The second kappa shape index (κ2) is 13.2. The molecule has 0 fully saturated rings. The Labute approximate surface area is 208 Å². The topological polar surface area (TPSA) is 86.8 Å². The quantitative estimate of drug-likeness (QED) is 0.417. The molecular weight excluding hydrogens is 469 g/mol. The number of halogens is 1. The lowest BCUT2D eigenvalue weighted by Crippen LogP contribution is -2.48. The number of hydrogen-bond acceptors (Lipinski definition) is 4. The molecule has 0 saturated carbocycles. The largest absolute Gasteiger partial charge is 0.354 e. The van der Waals surface area contributed by atoms with Crippen LogP contribution < -0.4 is 9.62 Å². The van der Waals surface area contributed by atoms with Crippen LogP contribution in [0.15, 0.2) is 48.5 Å². The smallest absolute Gasteiger partial charge is 0.242 e. The zero-order valence-electron chi connectivity index (χ0n) is 21.0. The van der Waals surface area contributed by atoms with E-state index in [1.165, 1.54) is 15.3 Å². The van der Waals surface area contributed by atoms with Crippen LogP contribution in [0.4, 0.5) is 10.1 Å². The van der Waals surface area contributed by atoms with E-state index in [1.54, 1.807) is 37.3 Å². The van der Waals surface area contributed by atoms with Gasteiger partial charge in [0.2, 0.25) is 21.8 Å². The van der Waals surface area contributed by atoms with Crippen molar-refractivity contribution in [1.29, 1.82) is 0 Å². The summed E-state index contributed by atoms with van der Waals surface area (Å²) in [5.74, 6) is -1.10. The van der Waals surface area contributed by atoms with Gasteiger partial charge in [0.15, 0.2) is 0 Å². The van der Waals surface area contributed by atoms with Crippen molar-refractivity contribution in [2.45, 2.75) is 59.0 Å². The minimum atomic E-state index is -3.56. The minimum absolute atomic E-state index is 0.0128. The lowest BCUT2D eigenvalue weighted by molar-refractivity contribution is -0.140. The Balaban J connectivity index is 2.16. The highest BCUT2D eigenvalue weighted by atomic mass is 32.2. The molecule has 0 aromatic heterocycles. The molecule has 0 spiro atoms. The van der Waals surface area contributed by atoms with E-state index in [1.807, 2.05) is 26.0 Å². The van der Waals surface area contributed by atoms with E-state index < -0.39 is 21.9 Å². The molecule has 2 aromatic rings. The number of carbonyl (C=O) groups is 2. The number of amides is 2. The highest BCUT2D eigenvalue weighted by Crippen LogP contribution is 2.23. The summed E-state index contributed by atoms with van der Waals surface area (Å²) in [4.78, 5) is 27.3. The molecule has 0 radical (unpaired) electrons. The minimum Gasteiger partial charge on any atom is -0.354 e. The summed E-state index contributed by atoms with van der Waals surface area (Å²) in [6, 6.07) is 12.5. The molecule has 1 N–H and O–H groups in total. The van der Waals surface area contributed by atoms with Gasteiger partial charge >= 0.3 is 0 Å². The average molecular weight is 506 g/mol. The number of carbonyl (C=O) groups excluding carboxylic acids is 2. The van der Waals surface area contributed by atoms with Crippen molar-refractivity contribution in [2.24, 2.45) is 0 Å². The van der Waals surface area contributed by atoms with Crippen molar-refractivity contribution in [3.63, 3.8) is 0 Å². The molecule has 7 nitrogen and oxygen atoms in total. The first kappa shape index (κ1) is 28.3. The van der Waals surface area contributed by atoms with Gasteiger partial charge in [-0.25, -0.2) is 12.8 Å². The van der Waals surface area contributed by atoms with Crippen molar-refractivity contribution < 1.29 is 22.4 Å². The first-order chi connectivity index (χ1) is 16.6. The van der Waals surface area contributed by atoms with Crippen LogP contribution in [0.5, 0.6) is 0 Å². The third-order valence-electron chi connectivity index (χ3n) is 5.83. The number of benzene rings is 2. The van der Waals surface area contributed by atoms with Gasteiger partial charge in [0.1, 0.15) is 11.9 Å². The van der Waals surface area contributed by atoms with Crippen LogP contribution in [0.25, 0.3) is 0 Å². The Bertz CT molecular complexity index is 1110. The highest BCUT2D eigenvalue weighted by Gasteiger charge is 2.27. The van der Waals surface area contributed by atoms with Crippen LogP contribution in [0, 0.1) is 12.7 Å². The number of hydrogen-bond donors (Lipinski definition) is 1. The molecule has 0 aliphatic carbocycles. The summed E-state index contributed by atoms with van der Waals surface area (Å²) in [5.41, 5.74) is 1.68. The Morgan fingerprint density at radius 1 is 1.06 bits per heavy atom. The number of sulfonamides is 1. The molecule has 9 heteroatoms. The summed E-state index contributed by atoms with van der Waals surface area (Å²) < 4.78 is 40.5. The van der Waals surface area contributed by atoms with Crippen molar-refractivity contribution in [3.8, 4) is 0 Å². The number of unbranched alkanes of at least 4 members (excludes halogenated alkanes) is 1. The molecule has 0 aliphatic rings. The lowest BCUT2D eigenvalue weighted by atomic mass is 10.1. The van der Waals surface area contributed by atoms with Gasteiger partial charge in [-0.15, -0.1) is 0 Å². The van der Waals surface area contributed by atoms with Gasteiger partial charge in [0, 0.05) is 31.6 Å². The monoisotopic (exact) mass is 505 g/mol. The van der Waals surface area contributed by atoms with Gasteiger partial charge in [0.05, 0.1) is 11.9 Å². The first-order valence-electron chi connectivity index (χ1n) is 11.9. The zero-order chi connectivity index (χ0) is 26.0. The van der Waals surface area contributed by atoms with Gasteiger partial charge in [-0.2, -0.15) is 0 Å². The lowest BCUT2D eigenvalue weighted by Gasteiger charge is -2.29. The zero-order valence-corrected chi connectivity index (χ0v) is 21.8. The molecule has 0 bridgehead atoms. The number of nitrogens with zero attached hydrogens (tertiary/aromatic N) is 2. The number of rotatable bonds is 13. The first-order valence-corrected chi connectivity index (χ1v) is 13.7. The summed E-state index contributed by atoms with van der Waals surface area (Å²) in [6.45, 7) is 6.02. The van der Waals surface area contributed by atoms with E-state index in [0.717, 1.165) is 24.7 Å². The second-order valence-corrected chi connectivity index (χ2v) is 10.6. The molecule has 1 atom stereocenters. The van der Waals surface area contributed by atoms with E-state index in [4.69, 9.17) is 0 Å². The number of para-hydroxylation sites is 1. The molecular formula is C26H36FN3O4S. The molecule has 0 saturated heterocycles. The molecule has 0 unspecified atom stereocenters. The molecule has 2 amide bonds. The molecule has 2 aromatic carbocycles. The molecule has 2 rings (SSSR count). The summed E-state index contributed by atoms with van der Waals surface area (Å²) in [6.07, 6.45) is 3.13. The van der Waals surface area contributed by atoms with E-state index in [0.29, 0.717) is 17.8 Å². The fourth-order valence-electron chi connectivity index (χ4n) is 3.75. The Morgan fingerprint density at radius 3 is 2.34 bits per heavy atom. The maximum absolute atomic E-state index is 14.3. The van der Waals surface area contributed by atoms with Crippen LogP contribution in [-0.4, -0.2) is 50.5 Å². The van der Waals surface area contributed by atoms with Crippen molar-refractivity contribution in [2.75, 3.05) is 23.7 Å². The average Bonchev–Trinajstić information content (AvgIpc) is 2.80. The maximum atomic E-state index is 14.3. The van der Waals surface area contributed by atoms with Gasteiger partial charge < -0.3 is 10.2 Å². The summed E-state index contributed by atoms with van der Waals surface area (Å²) in [5, 5.41) is 2.83. The van der Waals surface area contributed by atoms with E-state index >= 15 is 0 Å². The normalized spacial score (nSPS) is 12.1. The fraction of sp³-hybridized carbons (Fsp3) is 0.462. The Hall–Kier alpha value is -2.94. The molecule has 0 aliphatic heterocycles. The predicted molar refractivity (Wildman–Crippen MR) is 137 cm³/mol. The summed E-state index contributed by atoms with van der Waals surface area (Å²) in [7, 11) is -3.56.